The molecular weight excluding hydrogens is 317 g/mol. The van der Waals surface area contributed by atoms with Gasteiger partial charge in [-0.25, -0.2) is 0 Å². The molecule has 1 rings (SSSR count). The van der Waals surface area contributed by atoms with Crippen molar-refractivity contribution in [2.24, 2.45) is 10.9 Å². The Bertz CT molecular complexity index is 566. The van der Waals surface area contributed by atoms with E-state index >= 15 is 0 Å². The molecule has 3 nitrogen and oxygen atoms in total. The minimum Gasteiger partial charge on any atom is -0.338 e. The van der Waals surface area contributed by atoms with E-state index in [1.807, 2.05) is 25.2 Å². The highest BCUT2D eigenvalue weighted by Gasteiger charge is 2.26. The van der Waals surface area contributed by atoms with Crippen molar-refractivity contribution in [1.82, 2.24) is 0 Å². The van der Waals surface area contributed by atoms with E-state index in [0.29, 0.717) is 6.61 Å². The van der Waals surface area contributed by atoms with Crippen LogP contribution in [-0.4, -0.2) is 11.5 Å². The molecule has 0 fully saturated rings. The molecule has 0 aliphatic heterocycles. The minimum atomic E-state index is -1.77. The van der Waals surface area contributed by atoms with Crippen molar-refractivity contribution in [2.75, 3.05) is 6.61 Å². The van der Waals surface area contributed by atoms with Crippen LogP contribution in [0.1, 0.15) is 53.9 Å². The molecule has 4 heteroatoms. The Morgan fingerprint density at radius 1 is 1.29 bits per heavy atom. The van der Waals surface area contributed by atoms with Crippen molar-refractivity contribution in [1.29, 1.82) is 0 Å². The molecule has 1 atom stereocenters. The molecule has 0 radical (unpaired) electrons. The van der Waals surface area contributed by atoms with Crippen molar-refractivity contribution < 1.29 is 9.42 Å². The standard InChI is InChI=1S/C20H32NO2P/c1-16(8-6-9-17(2)13-15-23-24(21)22)11-12-19-18(3)10-7-14-20(19,4)5/h6,8-9,11-13,22H,7,10,14-15,21H2,1-5H3. The lowest BCUT2D eigenvalue weighted by Crippen LogP contribution is -2.19. The zero-order chi connectivity index (χ0) is 18.2. The largest absolute Gasteiger partial charge is 0.338 e. The smallest absolute Gasteiger partial charge is 0.250 e. The second-order valence-corrected chi connectivity index (χ2v) is 7.94. The van der Waals surface area contributed by atoms with E-state index in [-0.39, 0.29) is 5.41 Å². The van der Waals surface area contributed by atoms with Crippen LogP contribution in [0.5, 0.6) is 0 Å². The summed E-state index contributed by atoms with van der Waals surface area (Å²) in [7, 11) is -1.77. The summed E-state index contributed by atoms with van der Waals surface area (Å²) in [6, 6.07) is 0. The number of rotatable bonds is 7. The molecule has 1 unspecified atom stereocenters. The zero-order valence-corrected chi connectivity index (χ0v) is 16.6. The number of nitrogens with two attached hydrogens (primary N) is 1. The molecule has 0 amide bonds. The van der Waals surface area contributed by atoms with Crippen molar-refractivity contribution in [2.45, 2.75) is 53.9 Å². The number of hydrogen-bond donors (Lipinski definition) is 2. The van der Waals surface area contributed by atoms with E-state index in [1.54, 1.807) is 0 Å². The van der Waals surface area contributed by atoms with E-state index < -0.39 is 8.53 Å². The molecule has 0 heterocycles. The fourth-order valence-electron chi connectivity index (χ4n) is 2.95. The van der Waals surface area contributed by atoms with Gasteiger partial charge in [-0.3, -0.25) is 5.50 Å². The van der Waals surface area contributed by atoms with Gasteiger partial charge in [0, 0.05) is 0 Å². The lowest BCUT2D eigenvalue weighted by molar-refractivity contribution is 0.349. The molecule has 0 aromatic rings. The van der Waals surface area contributed by atoms with Crippen LogP contribution in [0.3, 0.4) is 0 Å². The molecule has 0 saturated carbocycles. The first-order valence-corrected chi connectivity index (χ1v) is 9.77. The Morgan fingerprint density at radius 2 is 2.00 bits per heavy atom. The highest BCUT2D eigenvalue weighted by Crippen LogP contribution is 2.40. The van der Waals surface area contributed by atoms with Crippen LogP contribution in [0.25, 0.3) is 0 Å². The van der Waals surface area contributed by atoms with E-state index in [9.17, 15) is 0 Å². The molecular formula is C20H32NO2P. The van der Waals surface area contributed by atoms with Crippen molar-refractivity contribution in [3.63, 3.8) is 0 Å². The van der Waals surface area contributed by atoms with Crippen LogP contribution in [0, 0.1) is 5.41 Å². The van der Waals surface area contributed by atoms with Crippen LogP contribution in [0.15, 0.2) is 58.7 Å². The SMILES string of the molecule is CC(C=CC1=C(C)CCCC1(C)C)=CC=CC(C)=CCOP(N)O. The van der Waals surface area contributed by atoms with E-state index in [0.717, 1.165) is 5.57 Å². The third-order valence-electron chi connectivity index (χ3n) is 4.39. The lowest BCUT2D eigenvalue weighted by atomic mass is 9.72. The van der Waals surface area contributed by atoms with Crippen molar-refractivity contribution in [3.8, 4) is 0 Å². The van der Waals surface area contributed by atoms with Gasteiger partial charge in [-0.05, 0) is 51.0 Å². The van der Waals surface area contributed by atoms with Gasteiger partial charge in [-0.2, -0.15) is 0 Å². The Morgan fingerprint density at radius 3 is 2.62 bits per heavy atom. The van der Waals surface area contributed by atoms with Crippen LogP contribution in [0.2, 0.25) is 0 Å². The molecule has 134 valence electrons. The lowest BCUT2D eigenvalue weighted by Gasteiger charge is -2.32. The summed E-state index contributed by atoms with van der Waals surface area (Å²) in [5.41, 5.74) is 10.8. The molecule has 0 aromatic heterocycles. The highest BCUT2D eigenvalue weighted by molar-refractivity contribution is 7.43. The Hall–Kier alpha value is -0.990. The first-order chi connectivity index (χ1) is 11.2. The molecule has 1 aliphatic carbocycles. The predicted molar refractivity (Wildman–Crippen MR) is 105 cm³/mol. The van der Waals surface area contributed by atoms with Crippen LogP contribution >= 0.6 is 8.53 Å². The maximum atomic E-state index is 8.89. The molecule has 0 aromatic carbocycles. The zero-order valence-electron chi connectivity index (χ0n) is 15.7. The van der Waals surface area contributed by atoms with Gasteiger partial charge in [0.2, 0.25) is 8.53 Å². The van der Waals surface area contributed by atoms with Gasteiger partial charge in [0.15, 0.2) is 0 Å². The third-order valence-corrected chi connectivity index (χ3v) is 4.80. The van der Waals surface area contributed by atoms with Gasteiger partial charge >= 0.3 is 0 Å². The van der Waals surface area contributed by atoms with Crippen LogP contribution in [0.4, 0.5) is 0 Å². The molecule has 0 saturated heterocycles. The Balaban J connectivity index is 2.65. The Labute approximate surface area is 148 Å². The first-order valence-electron chi connectivity index (χ1n) is 8.49. The average Bonchev–Trinajstić information content (AvgIpc) is 2.45. The predicted octanol–water partition coefficient (Wildman–Crippen LogP) is 5.71. The van der Waals surface area contributed by atoms with Crippen molar-refractivity contribution in [3.05, 3.63) is 58.7 Å². The summed E-state index contributed by atoms with van der Waals surface area (Å²) in [5, 5.41) is 0. The normalized spacial score (nSPS) is 21.1. The van der Waals surface area contributed by atoms with Gasteiger partial charge in [-0.1, -0.05) is 67.0 Å². The summed E-state index contributed by atoms with van der Waals surface area (Å²) in [4.78, 5) is 8.89. The van der Waals surface area contributed by atoms with Gasteiger partial charge < -0.3 is 9.42 Å². The van der Waals surface area contributed by atoms with Gasteiger partial charge in [0.25, 0.3) is 0 Å². The monoisotopic (exact) mass is 349 g/mol. The van der Waals surface area contributed by atoms with E-state index in [1.165, 1.54) is 36.0 Å². The summed E-state index contributed by atoms with van der Waals surface area (Å²) in [6.45, 7) is 11.4. The van der Waals surface area contributed by atoms with Crippen LogP contribution < -0.4 is 5.50 Å². The molecule has 1 aliphatic rings. The van der Waals surface area contributed by atoms with Crippen molar-refractivity contribution >= 4 is 8.53 Å². The fourth-order valence-corrected chi connectivity index (χ4v) is 3.17. The topological polar surface area (TPSA) is 55.5 Å². The highest BCUT2D eigenvalue weighted by atomic mass is 31.2. The maximum absolute atomic E-state index is 8.89. The van der Waals surface area contributed by atoms with Gasteiger partial charge in [0.05, 0.1) is 6.61 Å². The molecule has 0 spiro atoms. The molecule has 3 N–H and O–H groups in total. The number of allylic oxidation sites excluding steroid dienone is 9. The molecule has 24 heavy (non-hydrogen) atoms. The summed E-state index contributed by atoms with van der Waals surface area (Å²) in [5.74, 6) is 0. The fraction of sp³-hybridized carbons (Fsp3) is 0.500. The second kappa shape index (κ2) is 10.1. The van der Waals surface area contributed by atoms with Gasteiger partial charge in [0.1, 0.15) is 0 Å². The number of hydrogen-bond acceptors (Lipinski definition) is 3. The van der Waals surface area contributed by atoms with E-state index in [4.69, 9.17) is 14.9 Å². The first kappa shape index (κ1) is 21.1. The summed E-state index contributed by atoms with van der Waals surface area (Å²) >= 11 is 0. The Kier molecular flexibility index (Phi) is 8.86. The van der Waals surface area contributed by atoms with Gasteiger partial charge in [-0.15, -0.1) is 0 Å². The van der Waals surface area contributed by atoms with Crippen LogP contribution in [-0.2, 0) is 4.52 Å². The summed E-state index contributed by atoms with van der Waals surface area (Å²) in [6.07, 6.45) is 16.3. The third kappa shape index (κ3) is 7.72. The summed E-state index contributed by atoms with van der Waals surface area (Å²) < 4.78 is 4.93. The second-order valence-electron chi connectivity index (χ2n) is 7.08. The quantitative estimate of drug-likeness (QED) is 0.457. The molecule has 0 bridgehead atoms. The minimum absolute atomic E-state index is 0.281. The maximum Gasteiger partial charge on any atom is 0.250 e. The van der Waals surface area contributed by atoms with E-state index in [2.05, 4.69) is 45.9 Å². The average molecular weight is 349 g/mol.